The van der Waals surface area contributed by atoms with Crippen LogP contribution in [0.5, 0.6) is 11.8 Å². The molecule has 6 nitrogen and oxygen atoms in total. The van der Waals surface area contributed by atoms with Crippen LogP contribution in [0, 0.1) is 13.8 Å². The molecule has 2 aromatic rings. The van der Waals surface area contributed by atoms with Crippen molar-refractivity contribution in [2.24, 2.45) is 0 Å². The molecule has 0 unspecified atom stereocenters. The maximum absolute atomic E-state index is 5.86. The number of nitrogens with one attached hydrogen (secondary N) is 1. The number of aromatic nitrogens is 4. The first-order valence-corrected chi connectivity index (χ1v) is 5.81. The van der Waals surface area contributed by atoms with Gasteiger partial charge in [0.05, 0.1) is 5.56 Å². The summed E-state index contributed by atoms with van der Waals surface area (Å²) in [6.45, 7) is 7.74. The smallest absolute Gasteiger partial charge is 0.240 e. The highest BCUT2D eigenvalue weighted by Crippen LogP contribution is 2.26. The number of nitrogens with two attached hydrogens (primary N) is 1. The lowest BCUT2D eigenvalue weighted by atomic mass is 10.2. The lowest BCUT2D eigenvalue weighted by Crippen LogP contribution is -2.06. The van der Waals surface area contributed by atoms with Gasteiger partial charge in [0.2, 0.25) is 11.8 Å². The Morgan fingerprint density at radius 3 is 2.56 bits per heavy atom. The zero-order valence-electron chi connectivity index (χ0n) is 11.0. The summed E-state index contributed by atoms with van der Waals surface area (Å²) in [5, 5.41) is 6.82. The fourth-order valence-electron chi connectivity index (χ4n) is 1.43. The molecule has 6 heteroatoms. The van der Waals surface area contributed by atoms with Crippen LogP contribution in [0.1, 0.15) is 36.8 Å². The van der Waals surface area contributed by atoms with Gasteiger partial charge in [0.15, 0.2) is 0 Å². The summed E-state index contributed by atoms with van der Waals surface area (Å²) < 4.78 is 5.63. The van der Waals surface area contributed by atoms with E-state index in [1.807, 2.05) is 27.7 Å². The SMILES string of the molecule is Cc1cc(Oc2nc(C(C)C)nc(N)c2C)n[nH]1. The van der Waals surface area contributed by atoms with Gasteiger partial charge in [-0.2, -0.15) is 4.98 Å². The Labute approximate surface area is 106 Å². The lowest BCUT2D eigenvalue weighted by Gasteiger charge is -2.11. The fraction of sp³-hybridized carbons (Fsp3) is 0.417. The zero-order valence-corrected chi connectivity index (χ0v) is 11.0. The molecule has 0 bridgehead atoms. The summed E-state index contributed by atoms with van der Waals surface area (Å²) in [6.07, 6.45) is 0. The van der Waals surface area contributed by atoms with Crippen molar-refractivity contribution in [3.63, 3.8) is 0 Å². The van der Waals surface area contributed by atoms with E-state index in [1.165, 1.54) is 0 Å². The molecule has 0 aromatic carbocycles. The van der Waals surface area contributed by atoms with Gasteiger partial charge in [-0.1, -0.05) is 13.8 Å². The molecule has 3 N–H and O–H groups in total. The van der Waals surface area contributed by atoms with E-state index in [-0.39, 0.29) is 5.92 Å². The molecule has 0 fully saturated rings. The number of rotatable bonds is 3. The molecule has 0 spiro atoms. The predicted octanol–water partition coefficient (Wildman–Crippen LogP) is 2.31. The van der Waals surface area contributed by atoms with Gasteiger partial charge < -0.3 is 10.5 Å². The lowest BCUT2D eigenvalue weighted by molar-refractivity contribution is 0.435. The van der Waals surface area contributed by atoms with E-state index in [1.54, 1.807) is 6.07 Å². The van der Waals surface area contributed by atoms with E-state index in [0.29, 0.717) is 23.4 Å². The Hall–Kier alpha value is -2.11. The molecule has 0 aliphatic carbocycles. The molecule has 96 valence electrons. The van der Waals surface area contributed by atoms with Gasteiger partial charge in [-0.05, 0) is 13.8 Å². The Morgan fingerprint density at radius 1 is 1.28 bits per heavy atom. The molecule has 2 aromatic heterocycles. The predicted molar refractivity (Wildman–Crippen MR) is 68.7 cm³/mol. The highest BCUT2D eigenvalue weighted by molar-refractivity contribution is 5.45. The third-order valence-corrected chi connectivity index (χ3v) is 2.56. The standard InChI is InChI=1S/C12H17N5O/c1-6(2)11-14-10(13)8(4)12(15-11)18-9-5-7(3)16-17-9/h5-6H,1-4H3,(H,16,17)(H2,13,14,15). The fourth-order valence-corrected chi connectivity index (χ4v) is 1.43. The summed E-state index contributed by atoms with van der Waals surface area (Å²) in [5.74, 6) is 2.23. The van der Waals surface area contributed by atoms with E-state index >= 15 is 0 Å². The van der Waals surface area contributed by atoms with Crippen molar-refractivity contribution in [3.05, 3.63) is 23.1 Å². The maximum Gasteiger partial charge on any atom is 0.240 e. The van der Waals surface area contributed by atoms with Gasteiger partial charge in [0.25, 0.3) is 0 Å². The number of ether oxygens (including phenoxy) is 1. The number of aryl methyl sites for hydroxylation is 1. The first-order chi connectivity index (χ1) is 8.47. The van der Waals surface area contributed by atoms with Crippen molar-refractivity contribution < 1.29 is 4.74 Å². The Kier molecular flexibility index (Phi) is 3.18. The second-order valence-electron chi connectivity index (χ2n) is 4.54. The molecule has 2 heterocycles. The van der Waals surface area contributed by atoms with Crippen LogP contribution in [-0.4, -0.2) is 20.2 Å². The normalized spacial score (nSPS) is 10.9. The monoisotopic (exact) mass is 247 g/mol. The van der Waals surface area contributed by atoms with Crippen molar-refractivity contribution in [1.82, 2.24) is 20.2 Å². The van der Waals surface area contributed by atoms with E-state index in [0.717, 1.165) is 11.3 Å². The molecule has 0 radical (unpaired) electrons. The summed E-state index contributed by atoms with van der Waals surface area (Å²) in [6, 6.07) is 1.80. The van der Waals surface area contributed by atoms with E-state index in [9.17, 15) is 0 Å². The van der Waals surface area contributed by atoms with Gasteiger partial charge in [-0.3, -0.25) is 5.10 Å². The summed E-state index contributed by atoms with van der Waals surface area (Å²) in [5.41, 5.74) is 7.51. The van der Waals surface area contributed by atoms with Crippen molar-refractivity contribution in [2.75, 3.05) is 5.73 Å². The summed E-state index contributed by atoms with van der Waals surface area (Å²) >= 11 is 0. The van der Waals surface area contributed by atoms with E-state index in [4.69, 9.17) is 10.5 Å². The average Bonchev–Trinajstić information content (AvgIpc) is 2.70. The zero-order chi connectivity index (χ0) is 13.3. The molecule has 0 atom stereocenters. The molecule has 0 aliphatic heterocycles. The number of hydrogen-bond acceptors (Lipinski definition) is 5. The Morgan fingerprint density at radius 2 is 2.00 bits per heavy atom. The molecule has 0 saturated heterocycles. The number of nitrogens with zero attached hydrogens (tertiary/aromatic N) is 3. The Bertz CT molecular complexity index is 562. The minimum Gasteiger partial charge on any atom is -0.419 e. The molecule has 0 aliphatic rings. The van der Waals surface area contributed by atoms with Gasteiger partial charge in [-0.15, -0.1) is 5.10 Å². The molecular formula is C12H17N5O. The van der Waals surface area contributed by atoms with Crippen molar-refractivity contribution in [1.29, 1.82) is 0 Å². The minimum atomic E-state index is 0.191. The first-order valence-electron chi connectivity index (χ1n) is 5.81. The third kappa shape index (κ3) is 2.42. The first kappa shape index (κ1) is 12.3. The van der Waals surface area contributed by atoms with Gasteiger partial charge in [0, 0.05) is 17.7 Å². The number of nitrogen functional groups attached to an aromatic ring is 1. The number of H-pyrrole nitrogens is 1. The second kappa shape index (κ2) is 4.64. The third-order valence-electron chi connectivity index (χ3n) is 2.56. The van der Waals surface area contributed by atoms with Crippen molar-refractivity contribution in [2.45, 2.75) is 33.6 Å². The minimum absolute atomic E-state index is 0.191. The number of aromatic amines is 1. The van der Waals surface area contributed by atoms with Gasteiger partial charge in [-0.25, -0.2) is 4.98 Å². The van der Waals surface area contributed by atoms with Crippen LogP contribution in [0.3, 0.4) is 0 Å². The largest absolute Gasteiger partial charge is 0.419 e. The van der Waals surface area contributed by atoms with Crippen LogP contribution in [0.25, 0.3) is 0 Å². The van der Waals surface area contributed by atoms with Gasteiger partial charge >= 0.3 is 0 Å². The van der Waals surface area contributed by atoms with E-state index in [2.05, 4.69) is 20.2 Å². The highest BCUT2D eigenvalue weighted by atomic mass is 16.5. The van der Waals surface area contributed by atoms with Crippen LogP contribution < -0.4 is 10.5 Å². The average molecular weight is 247 g/mol. The van der Waals surface area contributed by atoms with Crippen LogP contribution >= 0.6 is 0 Å². The van der Waals surface area contributed by atoms with E-state index < -0.39 is 0 Å². The highest BCUT2D eigenvalue weighted by Gasteiger charge is 2.13. The van der Waals surface area contributed by atoms with Crippen molar-refractivity contribution >= 4 is 5.82 Å². The van der Waals surface area contributed by atoms with Crippen molar-refractivity contribution in [3.8, 4) is 11.8 Å². The summed E-state index contributed by atoms with van der Waals surface area (Å²) in [4.78, 5) is 8.61. The molecule has 0 amide bonds. The molecule has 18 heavy (non-hydrogen) atoms. The molecular weight excluding hydrogens is 230 g/mol. The topological polar surface area (TPSA) is 89.7 Å². The Balaban J connectivity index is 2.37. The second-order valence-corrected chi connectivity index (χ2v) is 4.54. The molecule has 2 rings (SSSR count). The number of anilines is 1. The number of hydrogen-bond donors (Lipinski definition) is 2. The quantitative estimate of drug-likeness (QED) is 0.868. The van der Waals surface area contributed by atoms with Crippen LogP contribution in [0.4, 0.5) is 5.82 Å². The van der Waals surface area contributed by atoms with Crippen LogP contribution in [0.15, 0.2) is 6.07 Å². The summed E-state index contributed by atoms with van der Waals surface area (Å²) in [7, 11) is 0. The molecule has 0 saturated carbocycles. The van der Waals surface area contributed by atoms with Crippen LogP contribution in [0.2, 0.25) is 0 Å². The van der Waals surface area contributed by atoms with Crippen LogP contribution in [-0.2, 0) is 0 Å². The maximum atomic E-state index is 5.86. The van der Waals surface area contributed by atoms with Gasteiger partial charge in [0.1, 0.15) is 11.6 Å².